The number of aromatic nitrogens is 2. The molecule has 1 aromatic heterocycles. The molecule has 2 aliphatic heterocycles. The zero-order valence-corrected chi connectivity index (χ0v) is 21.8. The number of likely N-dealkylation sites (tertiary alicyclic amines) is 1. The van der Waals surface area contributed by atoms with Crippen LogP contribution < -0.4 is 15.7 Å². The lowest BCUT2D eigenvalue weighted by molar-refractivity contribution is -0.132. The zero-order valence-electron chi connectivity index (χ0n) is 21.8. The number of ether oxygens (including phenoxy) is 1. The third-order valence-corrected chi connectivity index (χ3v) is 6.63. The van der Waals surface area contributed by atoms with Crippen molar-refractivity contribution < 1.29 is 23.6 Å². The Kier molecular flexibility index (Phi) is 7.20. The molecule has 2 saturated heterocycles. The highest BCUT2D eigenvalue weighted by atomic mass is 16.7. The van der Waals surface area contributed by atoms with Gasteiger partial charge in [-0.25, -0.2) is 14.8 Å². The van der Waals surface area contributed by atoms with E-state index in [1.807, 2.05) is 39.6 Å². The molecule has 0 radical (unpaired) electrons. The third kappa shape index (κ3) is 5.80. The molecule has 188 valence electrons. The summed E-state index contributed by atoms with van der Waals surface area (Å²) < 4.78 is 17.4. The van der Waals surface area contributed by atoms with Gasteiger partial charge < -0.3 is 29.2 Å². The second kappa shape index (κ2) is 9.33. The van der Waals surface area contributed by atoms with Crippen LogP contribution in [0.4, 0.5) is 10.7 Å². The summed E-state index contributed by atoms with van der Waals surface area (Å²) in [7, 11) is 1.41. The SMILES string of the molecule is C[C@@H](NC(=O)OC(C)(C)C)C(=O)N1CC[C@@H](N(C)c2ncc(B3OC(C)(C)C(C)(C)O3)cn2)C1. The minimum Gasteiger partial charge on any atom is -0.444 e. The van der Waals surface area contributed by atoms with E-state index in [0.717, 1.165) is 11.9 Å². The van der Waals surface area contributed by atoms with Gasteiger partial charge in [0.15, 0.2) is 0 Å². The number of alkyl carbamates (subject to hydrolysis) is 1. The number of hydrogen-bond donors (Lipinski definition) is 1. The van der Waals surface area contributed by atoms with Gasteiger partial charge >= 0.3 is 13.2 Å². The van der Waals surface area contributed by atoms with Crippen LogP contribution >= 0.6 is 0 Å². The van der Waals surface area contributed by atoms with Crippen LogP contribution in [0.5, 0.6) is 0 Å². The Bertz CT molecular complexity index is 886. The van der Waals surface area contributed by atoms with Gasteiger partial charge in [0.1, 0.15) is 11.6 Å². The number of nitrogens with zero attached hydrogens (tertiary/aromatic N) is 4. The number of carbonyl (C=O) groups excluding carboxylic acids is 2. The summed E-state index contributed by atoms with van der Waals surface area (Å²) in [5.74, 6) is 0.429. The average Bonchev–Trinajstić information content (AvgIpc) is 3.28. The first-order valence-electron chi connectivity index (χ1n) is 11.8. The molecule has 2 aliphatic rings. The molecule has 0 saturated carbocycles. The summed E-state index contributed by atoms with van der Waals surface area (Å²) in [5, 5.41) is 2.62. The number of hydrogen-bond acceptors (Lipinski definition) is 8. The van der Waals surface area contributed by atoms with Crippen LogP contribution in [0.2, 0.25) is 0 Å². The molecule has 0 spiro atoms. The van der Waals surface area contributed by atoms with E-state index in [-0.39, 0.29) is 11.9 Å². The Morgan fingerprint density at radius 1 is 1.21 bits per heavy atom. The highest BCUT2D eigenvalue weighted by molar-refractivity contribution is 6.61. The Morgan fingerprint density at radius 3 is 2.29 bits per heavy atom. The topological polar surface area (TPSA) is 106 Å². The van der Waals surface area contributed by atoms with Crippen molar-refractivity contribution in [3.8, 4) is 0 Å². The fraction of sp³-hybridized carbons (Fsp3) is 0.739. The van der Waals surface area contributed by atoms with Gasteiger partial charge in [0.2, 0.25) is 11.9 Å². The molecular formula is C23H38BN5O5. The Balaban J connectivity index is 1.56. The molecule has 3 heterocycles. The van der Waals surface area contributed by atoms with Crippen LogP contribution in [0.15, 0.2) is 12.4 Å². The molecular weight excluding hydrogens is 437 g/mol. The van der Waals surface area contributed by atoms with E-state index in [4.69, 9.17) is 14.0 Å². The maximum atomic E-state index is 12.8. The molecule has 0 bridgehead atoms. The molecule has 0 aromatic carbocycles. The van der Waals surface area contributed by atoms with Crippen molar-refractivity contribution in [1.29, 1.82) is 0 Å². The van der Waals surface area contributed by atoms with Gasteiger partial charge in [0.25, 0.3) is 0 Å². The van der Waals surface area contributed by atoms with E-state index < -0.39 is 36.1 Å². The van der Waals surface area contributed by atoms with Gasteiger partial charge in [0, 0.05) is 38.0 Å². The van der Waals surface area contributed by atoms with Crippen molar-refractivity contribution in [1.82, 2.24) is 20.2 Å². The van der Waals surface area contributed by atoms with Crippen LogP contribution in [0.25, 0.3) is 0 Å². The zero-order chi connectivity index (χ0) is 25.5. The van der Waals surface area contributed by atoms with Crippen molar-refractivity contribution in [2.24, 2.45) is 0 Å². The van der Waals surface area contributed by atoms with Crippen LogP contribution in [-0.2, 0) is 18.8 Å². The molecule has 2 fully saturated rings. The molecule has 0 unspecified atom stereocenters. The predicted octanol–water partition coefficient (Wildman–Crippen LogP) is 1.73. The molecule has 1 N–H and O–H groups in total. The van der Waals surface area contributed by atoms with Crippen molar-refractivity contribution >= 4 is 30.5 Å². The van der Waals surface area contributed by atoms with Gasteiger partial charge in [0.05, 0.1) is 17.2 Å². The Morgan fingerprint density at radius 2 is 1.76 bits per heavy atom. The van der Waals surface area contributed by atoms with Gasteiger partial charge in [-0.1, -0.05) is 0 Å². The molecule has 3 rings (SSSR count). The smallest absolute Gasteiger partial charge is 0.444 e. The lowest BCUT2D eigenvalue weighted by Gasteiger charge is -2.32. The monoisotopic (exact) mass is 475 g/mol. The van der Waals surface area contributed by atoms with Crippen LogP contribution in [0.1, 0.15) is 61.8 Å². The maximum absolute atomic E-state index is 12.8. The van der Waals surface area contributed by atoms with Crippen LogP contribution in [-0.4, -0.2) is 83.0 Å². The number of likely N-dealkylation sites (N-methyl/N-ethyl adjacent to an activating group) is 1. The van der Waals surface area contributed by atoms with Gasteiger partial charge in [-0.05, 0) is 61.8 Å². The summed E-state index contributed by atoms with van der Waals surface area (Å²) in [4.78, 5) is 37.6. The molecule has 11 heteroatoms. The first-order chi connectivity index (χ1) is 15.6. The fourth-order valence-corrected chi connectivity index (χ4v) is 3.86. The largest absolute Gasteiger partial charge is 0.498 e. The third-order valence-electron chi connectivity index (χ3n) is 6.63. The summed E-state index contributed by atoms with van der Waals surface area (Å²) in [6, 6.07) is -0.602. The molecule has 10 nitrogen and oxygen atoms in total. The number of amides is 2. The summed E-state index contributed by atoms with van der Waals surface area (Å²) in [6.07, 6.45) is 3.64. The molecule has 34 heavy (non-hydrogen) atoms. The van der Waals surface area contributed by atoms with E-state index in [1.54, 1.807) is 45.0 Å². The van der Waals surface area contributed by atoms with Crippen molar-refractivity contribution in [2.45, 2.75) is 90.7 Å². The molecule has 1 aromatic rings. The fourth-order valence-electron chi connectivity index (χ4n) is 3.86. The number of nitrogens with one attached hydrogen (secondary N) is 1. The second-order valence-electron chi connectivity index (χ2n) is 11.1. The Labute approximate surface area is 202 Å². The van der Waals surface area contributed by atoms with Crippen molar-refractivity contribution in [3.05, 3.63) is 12.4 Å². The van der Waals surface area contributed by atoms with Gasteiger partial charge in [-0.2, -0.15) is 0 Å². The summed E-state index contributed by atoms with van der Waals surface area (Å²) in [5.41, 5.74) is -0.710. The van der Waals surface area contributed by atoms with E-state index in [9.17, 15) is 9.59 Å². The molecule has 2 amide bonds. The first-order valence-corrected chi connectivity index (χ1v) is 11.8. The Hall–Kier alpha value is -2.40. The quantitative estimate of drug-likeness (QED) is 0.642. The standard InChI is InChI=1S/C23H38BN5O5/c1-15(27-20(31)32-21(2,3)4)18(30)29-11-10-17(14-29)28(9)19-25-12-16(13-26-19)24-33-22(5,6)23(7,8)34-24/h12-13,15,17H,10-11,14H2,1-9H3,(H,27,31)/t15-,17-/m1/s1. The average molecular weight is 475 g/mol. The second-order valence-corrected chi connectivity index (χ2v) is 11.1. The molecule has 0 aliphatic carbocycles. The molecule has 2 atom stereocenters. The van der Waals surface area contributed by atoms with E-state index in [2.05, 4.69) is 15.3 Å². The first kappa shape index (κ1) is 26.2. The van der Waals surface area contributed by atoms with Gasteiger partial charge in [-0.15, -0.1) is 0 Å². The van der Waals surface area contributed by atoms with Crippen LogP contribution in [0, 0.1) is 0 Å². The number of carbonyl (C=O) groups is 2. The highest BCUT2D eigenvalue weighted by Crippen LogP contribution is 2.36. The van der Waals surface area contributed by atoms with E-state index in [1.165, 1.54) is 0 Å². The summed E-state index contributed by atoms with van der Waals surface area (Å²) >= 11 is 0. The maximum Gasteiger partial charge on any atom is 0.498 e. The summed E-state index contributed by atoms with van der Waals surface area (Å²) in [6.45, 7) is 16.2. The van der Waals surface area contributed by atoms with E-state index in [0.29, 0.717) is 19.0 Å². The lowest BCUT2D eigenvalue weighted by Crippen LogP contribution is -2.48. The normalized spacial score (nSPS) is 22.4. The minimum atomic E-state index is -0.672. The van der Waals surface area contributed by atoms with Gasteiger partial charge in [-0.3, -0.25) is 4.79 Å². The predicted molar refractivity (Wildman–Crippen MR) is 130 cm³/mol. The van der Waals surface area contributed by atoms with E-state index >= 15 is 0 Å². The van der Waals surface area contributed by atoms with Crippen molar-refractivity contribution in [2.75, 3.05) is 25.0 Å². The van der Waals surface area contributed by atoms with Crippen LogP contribution in [0.3, 0.4) is 0 Å². The minimum absolute atomic E-state index is 0.0698. The highest BCUT2D eigenvalue weighted by Gasteiger charge is 2.52. The lowest BCUT2D eigenvalue weighted by atomic mass is 9.81. The van der Waals surface area contributed by atoms with Crippen molar-refractivity contribution in [3.63, 3.8) is 0 Å². The number of anilines is 1. The number of rotatable bonds is 5.